The van der Waals surface area contributed by atoms with E-state index in [1.54, 1.807) is 6.20 Å². The highest BCUT2D eigenvalue weighted by atomic mass is 35.5. The van der Waals surface area contributed by atoms with Gasteiger partial charge in [0.15, 0.2) is 0 Å². The molecule has 0 saturated heterocycles. The Balaban J connectivity index is 2.18. The van der Waals surface area contributed by atoms with Crippen molar-refractivity contribution < 1.29 is 4.74 Å². The SMILES string of the molecule is CCNC(CC1(OC)CCC1)c1c(Cl)cnn1C. The number of hydrogen-bond acceptors (Lipinski definition) is 3. The van der Waals surface area contributed by atoms with Gasteiger partial charge >= 0.3 is 0 Å². The lowest BCUT2D eigenvalue weighted by Crippen LogP contribution is -2.43. The first-order valence-electron chi connectivity index (χ1n) is 6.58. The van der Waals surface area contributed by atoms with Crippen molar-refractivity contribution in [2.45, 2.75) is 44.2 Å². The molecule has 0 aliphatic heterocycles. The largest absolute Gasteiger partial charge is 0.378 e. The second-order valence-corrected chi connectivity index (χ2v) is 5.46. The lowest BCUT2D eigenvalue weighted by atomic mass is 9.75. The second kappa shape index (κ2) is 5.59. The van der Waals surface area contributed by atoms with Crippen LogP contribution in [0.1, 0.15) is 44.3 Å². The van der Waals surface area contributed by atoms with Crippen LogP contribution in [-0.2, 0) is 11.8 Å². The zero-order valence-corrected chi connectivity index (χ0v) is 12.1. The summed E-state index contributed by atoms with van der Waals surface area (Å²) in [7, 11) is 3.75. The fourth-order valence-electron chi connectivity index (χ4n) is 2.76. The molecule has 1 aromatic rings. The van der Waals surface area contributed by atoms with Crippen molar-refractivity contribution in [2.24, 2.45) is 7.05 Å². The van der Waals surface area contributed by atoms with Crippen molar-refractivity contribution >= 4 is 11.6 Å². The van der Waals surface area contributed by atoms with Crippen molar-refractivity contribution in [3.63, 3.8) is 0 Å². The highest BCUT2D eigenvalue weighted by Crippen LogP contribution is 2.42. The van der Waals surface area contributed by atoms with E-state index in [-0.39, 0.29) is 11.6 Å². The van der Waals surface area contributed by atoms with Crippen LogP contribution < -0.4 is 5.32 Å². The predicted octanol–water partition coefficient (Wildman–Crippen LogP) is 2.68. The Morgan fingerprint density at radius 1 is 1.61 bits per heavy atom. The number of rotatable bonds is 6. The highest BCUT2D eigenvalue weighted by Gasteiger charge is 2.40. The van der Waals surface area contributed by atoms with Crippen molar-refractivity contribution in [3.8, 4) is 0 Å². The van der Waals surface area contributed by atoms with Gasteiger partial charge in [0.2, 0.25) is 0 Å². The molecule has 1 aliphatic rings. The van der Waals surface area contributed by atoms with Gasteiger partial charge in [0, 0.05) is 14.2 Å². The van der Waals surface area contributed by atoms with Crippen molar-refractivity contribution in [2.75, 3.05) is 13.7 Å². The molecule has 0 spiro atoms. The Labute approximate surface area is 114 Å². The fraction of sp³-hybridized carbons (Fsp3) is 0.769. The van der Waals surface area contributed by atoms with Crippen LogP contribution in [-0.4, -0.2) is 29.0 Å². The number of halogens is 1. The van der Waals surface area contributed by atoms with Crippen molar-refractivity contribution in [1.29, 1.82) is 0 Å². The summed E-state index contributed by atoms with van der Waals surface area (Å²) < 4.78 is 7.57. The quantitative estimate of drug-likeness (QED) is 0.865. The average Bonchev–Trinajstić information content (AvgIpc) is 2.63. The van der Waals surface area contributed by atoms with Crippen LogP contribution in [0.2, 0.25) is 5.02 Å². The molecule has 0 aromatic carbocycles. The lowest BCUT2D eigenvalue weighted by molar-refractivity contribution is -0.0841. The maximum Gasteiger partial charge on any atom is 0.0834 e. The van der Waals surface area contributed by atoms with E-state index in [2.05, 4.69) is 17.3 Å². The summed E-state index contributed by atoms with van der Waals surface area (Å²) in [6.45, 7) is 3.02. The summed E-state index contributed by atoms with van der Waals surface area (Å²) in [4.78, 5) is 0. The standard InChI is InChI=1S/C13H22ClN3O/c1-4-15-11(8-13(18-3)6-5-7-13)12-10(14)9-16-17(12)2/h9,11,15H,4-8H2,1-3H3. The molecule has 1 fully saturated rings. The molecule has 1 atom stereocenters. The Morgan fingerprint density at radius 3 is 2.72 bits per heavy atom. The molecule has 18 heavy (non-hydrogen) atoms. The van der Waals surface area contributed by atoms with E-state index in [0.717, 1.165) is 36.5 Å². The molecule has 2 rings (SSSR count). The lowest BCUT2D eigenvalue weighted by Gasteiger charge is -2.43. The van der Waals surface area contributed by atoms with Crippen LogP contribution in [0.15, 0.2) is 6.20 Å². The van der Waals surface area contributed by atoms with E-state index < -0.39 is 0 Å². The molecule has 1 heterocycles. The van der Waals surface area contributed by atoms with E-state index in [9.17, 15) is 0 Å². The Hall–Kier alpha value is -0.580. The number of nitrogens with one attached hydrogen (secondary N) is 1. The molecule has 1 aliphatic carbocycles. The minimum atomic E-state index is 0.0282. The monoisotopic (exact) mass is 271 g/mol. The molecule has 1 aromatic heterocycles. The molecule has 102 valence electrons. The predicted molar refractivity (Wildman–Crippen MR) is 72.8 cm³/mol. The van der Waals surface area contributed by atoms with Crippen LogP contribution in [0.25, 0.3) is 0 Å². The maximum absolute atomic E-state index is 6.24. The third-order valence-electron chi connectivity index (χ3n) is 3.99. The molecule has 1 saturated carbocycles. The molecule has 1 unspecified atom stereocenters. The second-order valence-electron chi connectivity index (χ2n) is 5.06. The summed E-state index contributed by atoms with van der Waals surface area (Å²) in [6.07, 6.45) is 6.20. The van der Waals surface area contributed by atoms with Crippen LogP contribution in [0.5, 0.6) is 0 Å². The summed E-state index contributed by atoms with van der Waals surface area (Å²) >= 11 is 6.24. The summed E-state index contributed by atoms with van der Waals surface area (Å²) in [6, 6.07) is 0.204. The Morgan fingerprint density at radius 2 is 2.33 bits per heavy atom. The number of ether oxygens (including phenoxy) is 1. The molecule has 5 heteroatoms. The van der Waals surface area contributed by atoms with Gasteiger partial charge in [-0.1, -0.05) is 18.5 Å². The van der Waals surface area contributed by atoms with Crippen LogP contribution in [0.4, 0.5) is 0 Å². The molecule has 4 nitrogen and oxygen atoms in total. The average molecular weight is 272 g/mol. The summed E-state index contributed by atoms with van der Waals surface area (Å²) in [5.74, 6) is 0. The normalized spacial score (nSPS) is 19.6. The van der Waals surface area contributed by atoms with Gasteiger partial charge in [0.25, 0.3) is 0 Å². The number of aryl methyl sites for hydroxylation is 1. The van der Waals surface area contributed by atoms with E-state index >= 15 is 0 Å². The van der Waals surface area contributed by atoms with Crippen LogP contribution in [0, 0.1) is 0 Å². The van der Waals surface area contributed by atoms with E-state index in [4.69, 9.17) is 16.3 Å². The molecular formula is C13H22ClN3O. The smallest absolute Gasteiger partial charge is 0.0834 e. The number of nitrogens with zero attached hydrogens (tertiary/aromatic N) is 2. The fourth-order valence-corrected chi connectivity index (χ4v) is 3.06. The Kier molecular flexibility index (Phi) is 4.30. The molecule has 0 radical (unpaired) electrons. The van der Waals surface area contributed by atoms with Gasteiger partial charge in [-0.2, -0.15) is 5.10 Å². The third kappa shape index (κ3) is 2.56. The van der Waals surface area contributed by atoms with Gasteiger partial charge in [-0.3, -0.25) is 4.68 Å². The molecule has 0 bridgehead atoms. The summed E-state index contributed by atoms with van der Waals surface area (Å²) in [5, 5.41) is 8.45. The zero-order valence-electron chi connectivity index (χ0n) is 11.4. The Bertz CT molecular complexity index is 376. The minimum Gasteiger partial charge on any atom is -0.378 e. The van der Waals surface area contributed by atoms with Crippen LogP contribution in [0.3, 0.4) is 0 Å². The van der Waals surface area contributed by atoms with E-state index in [0.29, 0.717) is 0 Å². The topological polar surface area (TPSA) is 39.1 Å². The molecular weight excluding hydrogens is 250 g/mol. The van der Waals surface area contributed by atoms with E-state index in [1.807, 2.05) is 18.8 Å². The van der Waals surface area contributed by atoms with Gasteiger partial charge in [-0.15, -0.1) is 0 Å². The minimum absolute atomic E-state index is 0.0282. The van der Waals surface area contributed by atoms with Gasteiger partial charge in [-0.05, 0) is 32.2 Å². The van der Waals surface area contributed by atoms with Crippen LogP contribution >= 0.6 is 11.6 Å². The van der Waals surface area contributed by atoms with Gasteiger partial charge in [0.05, 0.1) is 28.6 Å². The molecule has 0 amide bonds. The number of hydrogen-bond donors (Lipinski definition) is 1. The van der Waals surface area contributed by atoms with Gasteiger partial charge in [-0.25, -0.2) is 0 Å². The number of methoxy groups -OCH3 is 1. The third-order valence-corrected chi connectivity index (χ3v) is 4.28. The van der Waals surface area contributed by atoms with Gasteiger partial charge in [0.1, 0.15) is 0 Å². The van der Waals surface area contributed by atoms with Gasteiger partial charge < -0.3 is 10.1 Å². The first-order chi connectivity index (χ1) is 8.62. The van der Waals surface area contributed by atoms with E-state index in [1.165, 1.54) is 6.42 Å². The number of aromatic nitrogens is 2. The van der Waals surface area contributed by atoms with Crippen molar-refractivity contribution in [3.05, 3.63) is 16.9 Å². The first-order valence-corrected chi connectivity index (χ1v) is 6.95. The summed E-state index contributed by atoms with van der Waals surface area (Å²) in [5.41, 5.74) is 1.09. The molecule has 1 N–H and O–H groups in total. The van der Waals surface area contributed by atoms with Crippen molar-refractivity contribution in [1.82, 2.24) is 15.1 Å². The zero-order chi connectivity index (χ0) is 13.2. The maximum atomic E-state index is 6.24. The first kappa shape index (κ1) is 13.8. The highest BCUT2D eigenvalue weighted by molar-refractivity contribution is 6.31.